The van der Waals surface area contributed by atoms with E-state index in [1.807, 2.05) is 0 Å². The second-order valence-corrected chi connectivity index (χ2v) is 11.5. The first kappa shape index (κ1) is 28.1. The largest absolute Gasteiger partial charge is 0.444 e. The molecule has 0 bridgehead atoms. The van der Waals surface area contributed by atoms with Gasteiger partial charge >= 0.3 is 12.3 Å². The molecule has 0 radical (unpaired) electrons. The van der Waals surface area contributed by atoms with Gasteiger partial charge in [0.15, 0.2) is 5.71 Å². The Morgan fingerprint density at radius 3 is 2.32 bits per heavy atom. The van der Waals surface area contributed by atoms with Gasteiger partial charge in [0.25, 0.3) is 0 Å². The van der Waals surface area contributed by atoms with Gasteiger partial charge in [-0.1, -0.05) is 30.3 Å². The van der Waals surface area contributed by atoms with E-state index in [9.17, 15) is 30.8 Å². The summed E-state index contributed by atoms with van der Waals surface area (Å²) < 4.78 is 88.0. The normalized spacial score (nSPS) is 20.3. The summed E-state index contributed by atoms with van der Waals surface area (Å²) in [7, 11) is -2.97. The number of hydrogen-bond acceptors (Lipinski definition) is 6. The van der Waals surface area contributed by atoms with E-state index in [2.05, 4.69) is 15.3 Å². The minimum absolute atomic E-state index is 0.198. The Morgan fingerprint density at radius 2 is 1.76 bits per heavy atom. The molecule has 37 heavy (non-hydrogen) atoms. The topological polar surface area (TPSA) is 100 Å². The van der Waals surface area contributed by atoms with Crippen molar-refractivity contribution in [2.24, 2.45) is 9.98 Å². The Morgan fingerprint density at radius 1 is 1.14 bits per heavy atom. The van der Waals surface area contributed by atoms with Gasteiger partial charge in [-0.15, -0.1) is 0 Å². The molecule has 0 spiro atoms. The van der Waals surface area contributed by atoms with E-state index in [4.69, 9.17) is 4.74 Å². The van der Waals surface area contributed by atoms with Gasteiger partial charge in [-0.25, -0.2) is 31.9 Å². The van der Waals surface area contributed by atoms with Crippen LogP contribution in [0.2, 0.25) is 0 Å². The molecule has 3 rings (SSSR count). The van der Waals surface area contributed by atoms with Crippen LogP contribution in [0.25, 0.3) is 0 Å². The fourth-order valence-corrected chi connectivity index (χ4v) is 5.05. The maximum absolute atomic E-state index is 15.0. The summed E-state index contributed by atoms with van der Waals surface area (Å²) in [5, 5.41) is 2.25. The average molecular weight is 543 g/mol. The van der Waals surface area contributed by atoms with Gasteiger partial charge in [0, 0.05) is 18.2 Å². The monoisotopic (exact) mass is 542 g/mol. The number of halogens is 4. The van der Waals surface area contributed by atoms with E-state index in [1.54, 1.807) is 26.8 Å². The standard InChI is InChI=1S/C24H26F4N4O4S/c1-22(2,3)36-21(33)30-20-31-23(4,14-37(34,35)32(20)5)17-13-16(11-12-18(17)25)29-19(24(26,27)28)15-9-7-6-8-10-15/h6-13H,14H2,1-5H3,(H,30,31,33)/t23-/m0/s1. The highest BCUT2D eigenvalue weighted by molar-refractivity contribution is 7.89. The molecule has 1 aliphatic heterocycles. The number of guanidine groups is 1. The van der Waals surface area contributed by atoms with Crippen molar-refractivity contribution in [1.82, 2.24) is 9.62 Å². The molecule has 200 valence electrons. The maximum atomic E-state index is 15.0. The van der Waals surface area contributed by atoms with Gasteiger partial charge in [0.2, 0.25) is 16.0 Å². The lowest BCUT2D eigenvalue weighted by molar-refractivity contribution is -0.0580. The number of ether oxygens (including phenoxy) is 1. The zero-order valence-corrected chi connectivity index (χ0v) is 21.5. The molecule has 0 saturated carbocycles. The molecule has 0 aliphatic carbocycles. The smallest absolute Gasteiger partial charge is 0.433 e. The number of aliphatic imine (C=N–C) groups is 2. The molecule has 2 aromatic rings. The highest BCUT2D eigenvalue weighted by Crippen LogP contribution is 2.36. The van der Waals surface area contributed by atoms with Crippen molar-refractivity contribution in [2.75, 3.05) is 12.8 Å². The van der Waals surface area contributed by atoms with Crippen molar-refractivity contribution in [3.05, 3.63) is 65.5 Å². The summed E-state index contributed by atoms with van der Waals surface area (Å²) >= 11 is 0. The van der Waals surface area contributed by atoms with Crippen LogP contribution in [0.1, 0.15) is 38.8 Å². The van der Waals surface area contributed by atoms with E-state index in [0.29, 0.717) is 0 Å². The van der Waals surface area contributed by atoms with Gasteiger partial charge < -0.3 is 4.74 Å². The van der Waals surface area contributed by atoms with Crippen molar-refractivity contribution in [1.29, 1.82) is 0 Å². The number of alkyl halides is 3. The van der Waals surface area contributed by atoms with Crippen LogP contribution in [-0.2, 0) is 20.3 Å². The summed E-state index contributed by atoms with van der Waals surface area (Å²) in [6, 6.07) is 9.82. The predicted molar refractivity (Wildman–Crippen MR) is 131 cm³/mol. The fraction of sp³-hybridized carbons (Fsp3) is 0.375. The molecule has 13 heteroatoms. The lowest BCUT2D eigenvalue weighted by Crippen LogP contribution is -2.54. The van der Waals surface area contributed by atoms with E-state index in [-0.39, 0.29) is 16.8 Å². The SMILES string of the molecule is CN1C(NC(=O)OC(C)(C)C)=N[C@](C)(c2cc(N=C(c3ccccc3)C(F)(F)F)ccc2F)CS1(=O)=O. The molecular formula is C24H26F4N4O4S. The number of benzene rings is 2. The number of amides is 1. The second kappa shape index (κ2) is 9.77. The van der Waals surface area contributed by atoms with Gasteiger partial charge in [0.1, 0.15) is 17.0 Å². The Bertz CT molecular complexity index is 1350. The van der Waals surface area contributed by atoms with Crippen molar-refractivity contribution >= 4 is 33.5 Å². The first-order valence-electron chi connectivity index (χ1n) is 11.0. The van der Waals surface area contributed by atoms with Gasteiger partial charge in [-0.2, -0.15) is 13.2 Å². The quantitative estimate of drug-likeness (QED) is 0.441. The Balaban J connectivity index is 2.11. The maximum Gasteiger partial charge on any atom is 0.433 e. The number of carbonyl (C=O) groups is 1. The summed E-state index contributed by atoms with van der Waals surface area (Å²) in [6.07, 6.45) is -5.81. The summed E-state index contributed by atoms with van der Waals surface area (Å²) in [5.74, 6) is -2.06. The molecule has 1 atom stereocenters. The summed E-state index contributed by atoms with van der Waals surface area (Å²) in [6.45, 7) is 6.10. The molecule has 1 N–H and O–H groups in total. The van der Waals surface area contributed by atoms with E-state index < -0.39 is 56.7 Å². The van der Waals surface area contributed by atoms with Crippen LogP contribution in [0, 0.1) is 5.82 Å². The number of carbonyl (C=O) groups excluding carboxylic acids is 1. The van der Waals surface area contributed by atoms with Crippen molar-refractivity contribution in [2.45, 2.75) is 45.0 Å². The molecule has 2 aromatic carbocycles. The van der Waals surface area contributed by atoms with Crippen molar-refractivity contribution < 1.29 is 35.5 Å². The zero-order valence-electron chi connectivity index (χ0n) is 20.7. The Labute approximate surface area is 212 Å². The third-order valence-electron chi connectivity index (χ3n) is 5.23. The summed E-state index contributed by atoms with van der Waals surface area (Å²) in [4.78, 5) is 20.2. The Hall–Kier alpha value is -3.48. The third kappa shape index (κ3) is 6.64. The molecule has 0 saturated heterocycles. The number of sulfonamides is 1. The molecule has 8 nitrogen and oxygen atoms in total. The first-order valence-corrected chi connectivity index (χ1v) is 12.6. The number of rotatable bonds is 3. The van der Waals surface area contributed by atoms with Crippen LogP contribution in [-0.4, -0.2) is 55.1 Å². The minimum Gasteiger partial charge on any atom is -0.444 e. The number of nitrogens with one attached hydrogen (secondary N) is 1. The van der Waals surface area contributed by atoms with Crippen LogP contribution < -0.4 is 5.32 Å². The lowest BCUT2D eigenvalue weighted by atomic mass is 9.93. The zero-order chi connectivity index (χ0) is 27.8. The lowest BCUT2D eigenvalue weighted by Gasteiger charge is -2.36. The van der Waals surface area contributed by atoms with Crippen molar-refractivity contribution in [3.63, 3.8) is 0 Å². The number of hydrogen-bond donors (Lipinski definition) is 1. The molecular weight excluding hydrogens is 516 g/mol. The molecule has 0 aromatic heterocycles. The average Bonchev–Trinajstić information content (AvgIpc) is 2.74. The van der Waals surface area contributed by atoms with Crippen molar-refractivity contribution in [3.8, 4) is 0 Å². The molecule has 1 amide bonds. The van der Waals surface area contributed by atoms with E-state index >= 15 is 0 Å². The van der Waals surface area contributed by atoms with Crippen LogP contribution in [0.3, 0.4) is 0 Å². The molecule has 0 fully saturated rings. The van der Waals surface area contributed by atoms with Crippen LogP contribution in [0.5, 0.6) is 0 Å². The Kier molecular flexibility index (Phi) is 7.42. The van der Waals surface area contributed by atoms with Gasteiger partial charge in [0.05, 0.1) is 11.4 Å². The van der Waals surface area contributed by atoms with Gasteiger partial charge in [-0.3, -0.25) is 5.32 Å². The molecule has 0 unspecified atom stereocenters. The number of nitrogens with zero attached hydrogens (tertiary/aromatic N) is 3. The van der Waals surface area contributed by atoms with Crippen LogP contribution in [0.15, 0.2) is 58.5 Å². The second-order valence-electron chi connectivity index (χ2n) is 9.55. The first-order chi connectivity index (χ1) is 16.9. The van der Waals surface area contributed by atoms with E-state index in [1.165, 1.54) is 31.2 Å². The highest BCUT2D eigenvalue weighted by atomic mass is 32.2. The van der Waals surface area contributed by atoms with Crippen LogP contribution >= 0.6 is 0 Å². The van der Waals surface area contributed by atoms with Crippen LogP contribution in [0.4, 0.5) is 28.0 Å². The minimum atomic E-state index is -4.82. The highest BCUT2D eigenvalue weighted by Gasteiger charge is 2.43. The third-order valence-corrected chi connectivity index (χ3v) is 7.17. The number of alkyl carbamates (subject to hydrolysis) is 1. The fourth-order valence-electron chi connectivity index (χ4n) is 3.57. The summed E-state index contributed by atoms with van der Waals surface area (Å²) in [5.41, 5.74) is -4.69. The van der Waals surface area contributed by atoms with E-state index in [0.717, 1.165) is 29.6 Å². The molecule has 1 heterocycles. The van der Waals surface area contributed by atoms with Gasteiger partial charge in [-0.05, 0) is 45.9 Å². The predicted octanol–water partition coefficient (Wildman–Crippen LogP) is 4.88. The molecule has 1 aliphatic rings.